The molecule has 0 spiro atoms. The molecule has 71 heavy (non-hydrogen) atoms. The van der Waals surface area contributed by atoms with Crippen LogP contribution in [0.3, 0.4) is 0 Å². The van der Waals surface area contributed by atoms with Crippen LogP contribution in [0, 0.1) is 5.82 Å². The van der Waals surface area contributed by atoms with Gasteiger partial charge < -0.3 is 34.1 Å². The number of piperazine rings is 1. The summed E-state index contributed by atoms with van der Waals surface area (Å²) in [5.41, 5.74) is 4.31. The molecule has 3 aromatic heterocycles. The van der Waals surface area contributed by atoms with E-state index in [0.717, 1.165) is 84.7 Å². The summed E-state index contributed by atoms with van der Waals surface area (Å²) < 4.78 is 38.4. The summed E-state index contributed by atoms with van der Waals surface area (Å²) in [5, 5.41) is 10.4. The number of nitrogens with one attached hydrogen (secondary N) is 2. The summed E-state index contributed by atoms with van der Waals surface area (Å²) in [6.45, 7) is 8.06. The Bertz CT molecular complexity index is 2710. The average Bonchev–Trinajstić information content (AvgIpc) is 4.10. The molecule has 9 rings (SSSR count). The molecular weight excluding hydrogens is 916 g/mol. The third kappa shape index (κ3) is 12.1. The number of piperidine rings is 1. The van der Waals surface area contributed by atoms with Gasteiger partial charge in [0.1, 0.15) is 35.0 Å². The number of anilines is 3. The van der Waals surface area contributed by atoms with Gasteiger partial charge >= 0.3 is 0 Å². The Hall–Kier alpha value is -6.71. The van der Waals surface area contributed by atoms with Crippen molar-refractivity contribution >= 4 is 52.4 Å². The molecule has 19 nitrogen and oxygen atoms in total. The van der Waals surface area contributed by atoms with Crippen LogP contribution in [0.15, 0.2) is 79.0 Å². The minimum absolute atomic E-state index is 0.0532. The summed E-state index contributed by atoms with van der Waals surface area (Å²) in [7, 11) is 0. The van der Waals surface area contributed by atoms with E-state index in [2.05, 4.69) is 30.3 Å². The van der Waals surface area contributed by atoms with Crippen LogP contribution < -0.4 is 20.4 Å². The van der Waals surface area contributed by atoms with E-state index in [9.17, 15) is 28.4 Å². The monoisotopic (exact) mass is 974 g/mol. The lowest BCUT2D eigenvalue weighted by Crippen LogP contribution is -2.54. The lowest BCUT2D eigenvalue weighted by atomic mass is 10.0. The fourth-order valence-electron chi connectivity index (χ4n) is 9.48. The molecule has 3 fully saturated rings. The van der Waals surface area contributed by atoms with E-state index >= 15 is 0 Å². The number of ketones is 1. The lowest BCUT2D eigenvalue weighted by molar-refractivity contribution is -0.136. The van der Waals surface area contributed by atoms with Gasteiger partial charge in [-0.2, -0.15) is 0 Å². The maximum atomic E-state index is 14.1. The Morgan fingerprint density at radius 1 is 0.746 bits per heavy atom. The van der Waals surface area contributed by atoms with Gasteiger partial charge in [0.05, 0.1) is 81.9 Å². The molecule has 5 aromatic rings. The van der Waals surface area contributed by atoms with E-state index in [1.807, 2.05) is 40.9 Å². The quantitative estimate of drug-likeness (QED) is 0.0653. The number of halogens is 1. The number of hydrogen-bond acceptors (Lipinski definition) is 16. The van der Waals surface area contributed by atoms with Crippen molar-refractivity contribution in [2.24, 2.45) is 0 Å². The molecule has 2 aromatic carbocycles. The number of benzene rings is 2. The van der Waals surface area contributed by atoms with E-state index in [0.29, 0.717) is 84.5 Å². The molecule has 1 unspecified atom stereocenters. The Morgan fingerprint density at radius 2 is 1.49 bits per heavy atom. The van der Waals surface area contributed by atoms with Crippen LogP contribution in [0.4, 0.5) is 21.7 Å². The van der Waals surface area contributed by atoms with Gasteiger partial charge in [0, 0.05) is 64.4 Å². The van der Waals surface area contributed by atoms with Crippen LogP contribution in [0.5, 0.6) is 0 Å². The number of carbonyl (C=O) groups is 5. The molecule has 0 saturated carbocycles. The highest BCUT2D eigenvalue weighted by atomic mass is 19.1. The highest BCUT2D eigenvalue weighted by Crippen LogP contribution is 2.36. The van der Waals surface area contributed by atoms with Gasteiger partial charge in [-0.05, 0) is 85.8 Å². The van der Waals surface area contributed by atoms with E-state index in [4.69, 9.17) is 29.0 Å². The number of fused-ring (bicyclic) bond motifs is 2. The van der Waals surface area contributed by atoms with Crippen LogP contribution in [-0.2, 0) is 33.3 Å². The summed E-state index contributed by atoms with van der Waals surface area (Å²) in [5.74, 6) is -0.510. The summed E-state index contributed by atoms with van der Waals surface area (Å²) in [6.07, 6.45) is 5.01. The van der Waals surface area contributed by atoms with E-state index in [-0.39, 0.29) is 41.6 Å². The number of ether oxygens (including phenoxy) is 4. The van der Waals surface area contributed by atoms with Crippen molar-refractivity contribution < 1.29 is 47.3 Å². The molecule has 4 aliphatic rings. The highest BCUT2D eigenvalue weighted by Gasteiger charge is 2.44. The van der Waals surface area contributed by atoms with Gasteiger partial charge in [-0.3, -0.25) is 39.1 Å². The maximum Gasteiger partial charge on any atom is 0.262 e. The van der Waals surface area contributed by atoms with Gasteiger partial charge in [0.15, 0.2) is 5.65 Å². The zero-order valence-corrected chi connectivity index (χ0v) is 39.6. The van der Waals surface area contributed by atoms with Crippen molar-refractivity contribution in [2.45, 2.75) is 50.6 Å². The first-order valence-electron chi connectivity index (χ1n) is 24.4. The number of Topliss-reactive ketones (excluding diaryl/α,β-unsaturated/α-hetero) is 1. The number of amides is 4. The third-order valence-corrected chi connectivity index (χ3v) is 13.1. The molecule has 7 heterocycles. The average molecular weight is 975 g/mol. The molecule has 20 heteroatoms. The second kappa shape index (κ2) is 23.5. The number of rotatable bonds is 24. The van der Waals surface area contributed by atoms with Crippen LogP contribution in [0.2, 0.25) is 0 Å². The zero-order chi connectivity index (χ0) is 49.1. The van der Waals surface area contributed by atoms with Gasteiger partial charge in [0.25, 0.3) is 11.8 Å². The largest absolute Gasteiger partial charge is 0.383 e. The number of aromatic nitrogens is 4. The zero-order valence-electron chi connectivity index (χ0n) is 39.6. The first-order chi connectivity index (χ1) is 34.7. The topological polar surface area (TPSA) is 202 Å². The van der Waals surface area contributed by atoms with E-state index < -0.39 is 29.7 Å². The SMILES string of the molecule is O=C(CCCOCCOCCOCCOCCNc1ccc2c(c1)C(=O)N(C1CCC(=O)NC1=O)C2=O)CN1CCN(c2cccc(-c3cnc4ccc(N5CCC[C@@H]5c5cccc(F)c5)nn34)n2)CC1. The molecule has 2 atom stereocenters. The molecule has 0 bridgehead atoms. The first-order valence-corrected chi connectivity index (χ1v) is 24.4. The van der Waals surface area contributed by atoms with Crippen molar-refractivity contribution in [3.63, 3.8) is 0 Å². The van der Waals surface area contributed by atoms with Crippen LogP contribution in [-0.4, -0.2) is 164 Å². The molecule has 4 amide bonds. The number of carbonyl (C=O) groups excluding carboxylic acids is 5. The number of pyridine rings is 1. The molecule has 374 valence electrons. The van der Waals surface area contributed by atoms with Crippen LogP contribution in [0.25, 0.3) is 17.0 Å². The summed E-state index contributed by atoms with van der Waals surface area (Å²) in [6, 6.07) is 20.7. The highest BCUT2D eigenvalue weighted by molar-refractivity contribution is 6.23. The molecule has 2 N–H and O–H groups in total. The number of imide groups is 2. The first kappa shape index (κ1) is 49.3. The standard InChI is InChI=1S/C51H59FN10O9/c52-36-6-1-5-35(31-36)42-9-3-18-60(42)47-15-14-45-54-33-44(62(45)57-47)41-8-2-10-46(55-41)59-21-19-58(20-22-59)34-38(63)7-4-23-68-25-27-70-29-30-71-28-26-69-24-17-53-37-11-12-39-40(32-37)51(67)61(50(39)66)43-13-16-48(64)56-49(43)65/h1-2,5-6,8,10-12,14-15,31-33,42-43,53H,3-4,7,9,13,16-30,34H2,(H,56,64,65)/t42-,43?/m1/s1. The van der Waals surface area contributed by atoms with Crippen molar-refractivity contribution in [3.05, 3.63) is 102 Å². The fourth-order valence-corrected chi connectivity index (χ4v) is 9.48. The predicted molar refractivity (Wildman–Crippen MR) is 260 cm³/mol. The number of nitrogens with zero attached hydrogens (tertiary/aromatic N) is 8. The van der Waals surface area contributed by atoms with Gasteiger partial charge in [0.2, 0.25) is 11.8 Å². The van der Waals surface area contributed by atoms with Crippen LogP contribution in [0.1, 0.15) is 70.8 Å². The third-order valence-electron chi connectivity index (χ3n) is 13.1. The van der Waals surface area contributed by atoms with Gasteiger partial charge in [-0.15, -0.1) is 5.10 Å². The van der Waals surface area contributed by atoms with Gasteiger partial charge in [-0.1, -0.05) is 18.2 Å². The lowest BCUT2D eigenvalue weighted by Gasteiger charge is -2.35. The minimum atomic E-state index is -1.00. The number of imidazole rings is 1. The normalized spacial score (nSPS) is 18.5. The number of hydrogen-bond donors (Lipinski definition) is 2. The van der Waals surface area contributed by atoms with Crippen molar-refractivity contribution in [1.82, 2.24) is 34.7 Å². The second-order valence-electron chi connectivity index (χ2n) is 17.9. The van der Waals surface area contributed by atoms with E-state index in [1.54, 1.807) is 36.5 Å². The Labute approximate surface area is 410 Å². The minimum Gasteiger partial charge on any atom is -0.383 e. The maximum absolute atomic E-state index is 14.1. The van der Waals surface area contributed by atoms with Crippen molar-refractivity contribution in [2.75, 3.05) is 114 Å². The fraction of sp³-hybridized carbons (Fsp3) is 0.451. The predicted octanol–water partition coefficient (Wildman–Crippen LogP) is 4.32. The summed E-state index contributed by atoms with van der Waals surface area (Å²) in [4.78, 5) is 79.8. The molecule has 0 radical (unpaired) electrons. The van der Waals surface area contributed by atoms with Crippen molar-refractivity contribution in [3.8, 4) is 11.4 Å². The van der Waals surface area contributed by atoms with Crippen LogP contribution >= 0.6 is 0 Å². The van der Waals surface area contributed by atoms with Gasteiger partial charge in [-0.25, -0.2) is 18.9 Å². The van der Waals surface area contributed by atoms with Crippen molar-refractivity contribution in [1.29, 1.82) is 0 Å². The Morgan fingerprint density at radius 3 is 2.27 bits per heavy atom. The molecular formula is C51H59FN10O9. The summed E-state index contributed by atoms with van der Waals surface area (Å²) >= 11 is 0. The molecule has 4 aliphatic heterocycles. The van der Waals surface area contributed by atoms with E-state index in [1.165, 1.54) is 6.07 Å². The Kier molecular flexibility index (Phi) is 16.3. The smallest absolute Gasteiger partial charge is 0.262 e. The Balaban J connectivity index is 0.592. The molecule has 3 saturated heterocycles. The molecule has 0 aliphatic carbocycles. The second-order valence-corrected chi connectivity index (χ2v) is 17.9.